The average molecular weight is 263 g/mol. The number of anilines is 1. The van der Waals surface area contributed by atoms with Crippen LogP contribution in [0, 0.1) is 6.92 Å². The van der Waals surface area contributed by atoms with E-state index in [4.69, 9.17) is 0 Å². The summed E-state index contributed by atoms with van der Waals surface area (Å²) in [6, 6.07) is 5.10. The van der Waals surface area contributed by atoms with E-state index in [2.05, 4.69) is 17.0 Å². The second-order valence-electron chi connectivity index (χ2n) is 4.53. The minimum atomic E-state index is -0.371. The van der Waals surface area contributed by atoms with Gasteiger partial charge in [0.25, 0.3) is 0 Å². The topological polar surface area (TPSA) is 55.4 Å². The highest BCUT2D eigenvalue weighted by Crippen LogP contribution is 2.17. The molecular formula is C15H21NO3. The number of unbranched alkanes of at least 4 members (excludes halogenated alkanes) is 2. The van der Waals surface area contributed by atoms with E-state index >= 15 is 0 Å². The summed E-state index contributed by atoms with van der Waals surface area (Å²) in [5.41, 5.74) is 2.09. The summed E-state index contributed by atoms with van der Waals surface area (Å²) in [6.07, 6.45) is 3.60. The molecule has 1 aromatic rings. The molecule has 4 nitrogen and oxygen atoms in total. The van der Waals surface area contributed by atoms with Crippen LogP contribution in [0.3, 0.4) is 0 Å². The van der Waals surface area contributed by atoms with E-state index in [0.717, 1.165) is 30.5 Å². The van der Waals surface area contributed by atoms with Crippen molar-refractivity contribution in [1.29, 1.82) is 0 Å². The molecule has 0 bridgehead atoms. The third-order valence-electron chi connectivity index (χ3n) is 2.93. The number of rotatable bonds is 6. The highest BCUT2D eigenvalue weighted by atomic mass is 16.5. The van der Waals surface area contributed by atoms with Crippen molar-refractivity contribution in [2.75, 3.05) is 12.4 Å². The fourth-order valence-electron chi connectivity index (χ4n) is 1.80. The molecule has 4 heteroatoms. The van der Waals surface area contributed by atoms with E-state index in [0.29, 0.717) is 12.0 Å². The fourth-order valence-corrected chi connectivity index (χ4v) is 1.80. The van der Waals surface area contributed by atoms with Gasteiger partial charge >= 0.3 is 5.97 Å². The van der Waals surface area contributed by atoms with E-state index in [9.17, 15) is 9.59 Å². The van der Waals surface area contributed by atoms with Crippen LogP contribution in [-0.2, 0) is 9.53 Å². The second-order valence-corrected chi connectivity index (χ2v) is 4.53. The van der Waals surface area contributed by atoms with E-state index in [1.807, 2.05) is 6.92 Å². The summed E-state index contributed by atoms with van der Waals surface area (Å²) >= 11 is 0. The van der Waals surface area contributed by atoms with Crippen molar-refractivity contribution in [1.82, 2.24) is 0 Å². The molecule has 0 saturated heterocycles. The van der Waals surface area contributed by atoms with E-state index < -0.39 is 0 Å². The molecule has 0 atom stereocenters. The third-order valence-corrected chi connectivity index (χ3v) is 2.93. The van der Waals surface area contributed by atoms with Gasteiger partial charge in [0.2, 0.25) is 5.91 Å². The van der Waals surface area contributed by atoms with Crippen LogP contribution in [0.15, 0.2) is 18.2 Å². The molecule has 0 aromatic heterocycles. The largest absolute Gasteiger partial charge is 0.465 e. The Morgan fingerprint density at radius 1 is 1.26 bits per heavy atom. The van der Waals surface area contributed by atoms with Gasteiger partial charge in [-0.2, -0.15) is 0 Å². The van der Waals surface area contributed by atoms with Crippen molar-refractivity contribution < 1.29 is 14.3 Å². The number of benzene rings is 1. The van der Waals surface area contributed by atoms with Gasteiger partial charge in [-0.3, -0.25) is 4.79 Å². The van der Waals surface area contributed by atoms with Gasteiger partial charge in [0.15, 0.2) is 0 Å². The number of hydrogen-bond acceptors (Lipinski definition) is 3. The van der Waals surface area contributed by atoms with Gasteiger partial charge in [-0.15, -0.1) is 0 Å². The lowest BCUT2D eigenvalue weighted by molar-refractivity contribution is -0.116. The summed E-state index contributed by atoms with van der Waals surface area (Å²) in [4.78, 5) is 23.1. The predicted octanol–water partition coefficient (Wildman–Crippen LogP) is 3.30. The number of carbonyl (C=O) groups is 2. The quantitative estimate of drug-likeness (QED) is 0.633. The van der Waals surface area contributed by atoms with Gasteiger partial charge in [-0.25, -0.2) is 4.79 Å². The number of methoxy groups -OCH3 is 1. The average Bonchev–Trinajstić information content (AvgIpc) is 2.40. The van der Waals surface area contributed by atoms with Crippen LogP contribution in [-0.4, -0.2) is 19.0 Å². The van der Waals surface area contributed by atoms with Crippen LogP contribution in [0.4, 0.5) is 5.69 Å². The molecule has 19 heavy (non-hydrogen) atoms. The molecule has 0 spiro atoms. The molecule has 0 saturated carbocycles. The Morgan fingerprint density at radius 3 is 2.58 bits per heavy atom. The molecule has 104 valence electrons. The first kappa shape index (κ1) is 15.2. The SMILES string of the molecule is CCCCCC(=O)Nc1ccc(C(=O)OC)cc1C. The molecular weight excluding hydrogens is 242 g/mol. The number of carbonyl (C=O) groups excluding carboxylic acids is 2. The van der Waals surface area contributed by atoms with Crippen molar-refractivity contribution in [3.05, 3.63) is 29.3 Å². The summed E-state index contributed by atoms with van der Waals surface area (Å²) in [7, 11) is 1.35. The van der Waals surface area contributed by atoms with Crippen LogP contribution < -0.4 is 5.32 Å². The molecule has 1 amide bonds. The van der Waals surface area contributed by atoms with Crippen LogP contribution in [0.2, 0.25) is 0 Å². The molecule has 0 radical (unpaired) electrons. The van der Waals surface area contributed by atoms with Gasteiger partial charge < -0.3 is 10.1 Å². The molecule has 1 N–H and O–H groups in total. The Kier molecular flexibility index (Phi) is 6.06. The molecule has 1 aromatic carbocycles. The van der Waals surface area contributed by atoms with E-state index in [-0.39, 0.29) is 11.9 Å². The highest BCUT2D eigenvalue weighted by Gasteiger charge is 2.09. The van der Waals surface area contributed by atoms with Crippen molar-refractivity contribution in [3.8, 4) is 0 Å². The number of amides is 1. The Labute approximate surface area is 114 Å². The first-order valence-electron chi connectivity index (χ1n) is 6.57. The third kappa shape index (κ3) is 4.73. The zero-order valence-electron chi connectivity index (χ0n) is 11.8. The number of nitrogens with one attached hydrogen (secondary N) is 1. The molecule has 1 rings (SSSR count). The maximum absolute atomic E-state index is 11.7. The summed E-state index contributed by atoms with van der Waals surface area (Å²) in [5.74, 6) is -0.355. The van der Waals surface area contributed by atoms with E-state index in [1.165, 1.54) is 7.11 Å². The lowest BCUT2D eigenvalue weighted by Crippen LogP contribution is -2.12. The lowest BCUT2D eigenvalue weighted by atomic mass is 10.1. The van der Waals surface area contributed by atoms with Crippen molar-refractivity contribution >= 4 is 17.6 Å². The Hall–Kier alpha value is -1.84. The normalized spacial score (nSPS) is 10.1. The van der Waals surface area contributed by atoms with Gasteiger partial charge in [0.05, 0.1) is 12.7 Å². The van der Waals surface area contributed by atoms with Crippen molar-refractivity contribution in [3.63, 3.8) is 0 Å². The fraction of sp³-hybridized carbons (Fsp3) is 0.467. The highest BCUT2D eigenvalue weighted by molar-refractivity contribution is 5.94. The Morgan fingerprint density at radius 2 is 2.00 bits per heavy atom. The molecule has 0 unspecified atom stereocenters. The van der Waals surface area contributed by atoms with Gasteiger partial charge in [-0.05, 0) is 37.1 Å². The number of aryl methyl sites for hydroxylation is 1. The maximum Gasteiger partial charge on any atom is 0.337 e. The van der Waals surface area contributed by atoms with Crippen LogP contribution in [0.25, 0.3) is 0 Å². The van der Waals surface area contributed by atoms with Gasteiger partial charge in [-0.1, -0.05) is 19.8 Å². The summed E-state index contributed by atoms with van der Waals surface area (Å²) in [5, 5.41) is 2.86. The van der Waals surface area contributed by atoms with Crippen molar-refractivity contribution in [2.24, 2.45) is 0 Å². The summed E-state index contributed by atoms with van der Waals surface area (Å²) < 4.78 is 4.65. The van der Waals surface area contributed by atoms with Crippen LogP contribution in [0.5, 0.6) is 0 Å². The predicted molar refractivity (Wildman–Crippen MR) is 75.3 cm³/mol. The van der Waals surface area contributed by atoms with E-state index in [1.54, 1.807) is 18.2 Å². The Bertz CT molecular complexity index is 455. The van der Waals surface area contributed by atoms with Crippen LogP contribution in [0.1, 0.15) is 48.5 Å². The number of ether oxygens (including phenoxy) is 1. The second kappa shape index (κ2) is 7.56. The first-order valence-corrected chi connectivity index (χ1v) is 6.57. The number of hydrogen-bond donors (Lipinski definition) is 1. The molecule has 0 aliphatic carbocycles. The zero-order chi connectivity index (χ0) is 14.3. The minimum absolute atomic E-state index is 0.0161. The van der Waals surface area contributed by atoms with Gasteiger partial charge in [0, 0.05) is 12.1 Å². The van der Waals surface area contributed by atoms with Crippen molar-refractivity contribution in [2.45, 2.75) is 39.5 Å². The lowest BCUT2D eigenvalue weighted by Gasteiger charge is -2.09. The smallest absolute Gasteiger partial charge is 0.337 e. The van der Waals surface area contributed by atoms with Gasteiger partial charge in [0.1, 0.15) is 0 Å². The molecule has 0 aliphatic rings. The Balaban J connectivity index is 2.64. The number of esters is 1. The summed E-state index contributed by atoms with van der Waals surface area (Å²) in [6.45, 7) is 3.96. The first-order chi connectivity index (χ1) is 9.08. The standard InChI is InChI=1S/C15H21NO3/c1-4-5-6-7-14(17)16-13-9-8-12(10-11(13)2)15(18)19-3/h8-10H,4-7H2,1-3H3,(H,16,17). The molecule has 0 fully saturated rings. The minimum Gasteiger partial charge on any atom is -0.465 e. The maximum atomic E-state index is 11.7. The molecule has 0 aliphatic heterocycles. The monoisotopic (exact) mass is 263 g/mol. The molecule has 0 heterocycles. The van der Waals surface area contributed by atoms with Crippen LogP contribution >= 0.6 is 0 Å². The zero-order valence-corrected chi connectivity index (χ0v) is 11.8.